The van der Waals surface area contributed by atoms with Crippen molar-refractivity contribution < 1.29 is 14.7 Å². The molecule has 0 radical (unpaired) electrons. The van der Waals surface area contributed by atoms with Crippen LogP contribution >= 0.6 is 11.8 Å². The first kappa shape index (κ1) is 15.6. The fraction of sp³-hybridized carbons (Fsp3) is 0.583. The Morgan fingerprint density at radius 3 is 2.68 bits per heavy atom. The third-order valence-corrected chi connectivity index (χ3v) is 3.28. The number of carbonyl (C=O) groups excluding carboxylic acids is 1. The lowest BCUT2D eigenvalue weighted by Crippen LogP contribution is -2.42. The lowest BCUT2D eigenvalue weighted by molar-refractivity contribution is -0.142. The molecule has 0 aliphatic carbocycles. The molecular weight excluding hydrogens is 266 g/mol. The van der Waals surface area contributed by atoms with Crippen LogP contribution in [-0.2, 0) is 16.1 Å². The summed E-state index contributed by atoms with van der Waals surface area (Å²) in [5.74, 6) is -0.646. The molecule has 1 heterocycles. The van der Waals surface area contributed by atoms with Gasteiger partial charge in [-0.1, -0.05) is 0 Å². The van der Waals surface area contributed by atoms with Gasteiger partial charge in [0.2, 0.25) is 5.91 Å². The molecule has 0 aliphatic rings. The van der Waals surface area contributed by atoms with Crippen molar-refractivity contribution in [1.29, 1.82) is 0 Å². The largest absolute Gasteiger partial charge is 0.480 e. The number of carboxylic acids is 1. The fourth-order valence-electron chi connectivity index (χ4n) is 1.70. The number of hydrogen-bond acceptors (Lipinski definition) is 4. The molecule has 0 saturated carbocycles. The van der Waals surface area contributed by atoms with Gasteiger partial charge in [0, 0.05) is 5.69 Å². The monoisotopic (exact) mass is 285 g/mol. The minimum atomic E-state index is -1.00. The Hall–Kier alpha value is -1.50. The summed E-state index contributed by atoms with van der Waals surface area (Å²) in [5.41, 5.74) is 1.71. The third-order valence-electron chi connectivity index (χ3n) is 2.64. The molecule has 1 atom stereocenters. The Bertz CT molecular complexity index is 459. The van der Waals surface area contributed by atoms with E-state index in [0.717, 1.165) is 11.4 Å². The van der Waals surface area contributed by atoms with Gasteiger partial charge in [-0.15, -0.1) is 0 Å². The Balaban J connectivity index is 2.57. The average molecular weight is 285 g/mol. The van der Waals surface area contributed by atoms with Crippen molar-refractivity contribution in [2.45, 2.75) is 32.9 Å². The highest BCUT2D eigenvalue weighted by molar-refractivity contribution is 7.98. The quantitative estimate of drug-likeness (QED) is 0.775. The summed E-state index contributed by atoms with van der Waals surface area (Å²) in [6.07, 6.45) is 2.32. The van der Waals surface area contributed by atoms with Gasteiger partial charge >= 0.3 is 5.97 Å². The number of carboxylic acid groups (broad SMARTS) is 1. The van der Waals surface area contributed by atoms with Crippen LogP contribution in [0.25, 0.3) is 0 Å². The molecule has 1 amide bonds. The first-order chi connectivity index (χ1) is 8.93. The second kappa shape index (κ2) is 7.18. The SMILES string of the molecule is CSCC[C@@H](NC(=O)Cn1nc(C)cc1C)C(=O)O. The van der Waals surface area contributed by atoms with Crippen LogP contribution in [0.2, 0.25) is 0 Å². The molecule has 1 aromatic heterocycles. The molecule has 0 aliphatic heterocycles. The fourth-order valence-corrected chi connectivity index (χ4v) is 2.18. The van der Waals surface area contributed by atoms with Crippen LogP contribution in [0.1, 0.15) is 17.8 Å². The van der Waals surface area contributed by atoms with E-state index in [0.29, 0.717) is 12.2 Å². The van der Waals surface area contributed by atoms with Crippen molar-refractivity contribution in [3.63, 3.8) is 0 Å². The minimum absolute atomic E-state index is 0.0444. The molecule has 2 N–H and O–H groups in total. The first-order valence-corrected chi connectivity index (χ1v) is 7.35. The topological polar surface area (TPSA) is 84.2 Å². The van der Waals surface area contributed by atoms with E-state index in [1.165, 1.54) is 0 Å². The summed E-state index contributed by atoms with van der Waals surface area (Å²) in [5, 5.41) is 15.7. The second-order valence-electron chi connectivity index (χ2n) is 4.32. The summed E-state index contributed by atoms with van der Waals surface area (Å²) in [6, 6.07) is 1.03. The summed E-state index contributed by atoms with van der Waals surface area (Å²) in [4.78, 5) is 22.8. The number of carbonyl (C=O) groups is 2. The maximum atomic E-state index is 11.8. The van der Waals surface area contributed by atoms with Crippen LogP contribution in [0.5, 0.6) is 0 Å². The van der Waals surface area contributed by atoms with Gasteiger partial charge in [-0.25, -0.2) is 4.79 Å². The second-order valence-corrected chi connectivity index (χ2v) is 5.31. The Morgan fingerprint density at radius 2 is 2.21 bits per heavy atom. The molecule has 0 saturated heterocycles. The van der Waals surface area contributed by atoms with Crippen molar-refractivity contribution in [3.8, 4) is 0 Å². The highest BCUT2D eigenvalue weighted by Gasteiger charge is 2.19. The molecule has 7 heteroatoms. The Labute approximate surface area is 116 Å². The van der Waals surface area contributed by atoms with Crippen molar-refractivity contribution in [2.75, 3.05) is 12.0 Å². The van der Waals surface area contributed by atoms with Gasteiger partial charge in [0.25, 0.3) is 0 Å². The zero-order valence-corrected chi connectivity index (χ0v) is 12.2. The van der Waals surface area contributed by atoms with Crippen LogP contribution in [0.15, 0.2) is 6.07 Å². The summed E-state index contributed by atoms with van der Waals surface area (Å²) in [7, 11) is 0. The number of amides is 1. The van der Waals surface area contributed by atoms with E-state index >= 15 is 0 Å². The number of nitrogens with one attached hydrogen (secondary N) is 1. The highest BCUT2D eigenvalue weighted by atomic mass is 32.2. The molecule has 19 heavy (non-hydrogen) atoms. The molecule has 106 valence electrons. The molecule has 0 aromatic carbocycles. The molecule has 0 spiro atoms. The molecule has 0 bridgehead atoms. The number of aromatic nitrogens is 2. The van der Waals surface area contributed by atoms with E-state index in [2.05, 4.69) is 10.4 Å². The van der Waals surface area contributed by atoms with Gasteiger partial charge in [0.15, 0.2) is 0 Å². The predicted octanol–water partition coefficient (Wildman–Crippen LogP) is 0.822. The van der Waals surface area contributed by atoms with E-state index in [1.54, 1.807) is 16.4 Å². The first-order valence-electron chi connectivity index (χ1n) is 5.96. The van der Waals surface area contributed by atoms with E-state index in [9.17, 15) is 9.59 Å². The lowest BCUT2D eigenvalue weighted by atomic mass is 10.2. The number of thioether (sulfide) groups is 1. The van der Waals surface area contributed by atoms with Crippen molar-refractivity contribution in [3.05, 3.63) is 17.5 Å². The number of hydrogen-bond donors (Lipinski definition) is 2. The van der Waals surface area contributed by atoms with Crippen LogP contribution in [0.3, 0.4) is 0 Å². The van der Waals surface area contributed by atoms with Gasteiger partial charge in [-0.2, -0.15) is 16.9 Å². The smallest absolute Gasteiger partial charge is 0.326 e. The zero-order valence-electron chi connectivity index (χ0n) is 11.3. The van der Waals surface area contributed by atoms with Crippen LogP contribution in [0, 0.1) is 13.8 Å². The van der Waals surface area contributed by atoms with Gasteiger partial charge < -0.3 is 10.4 Å². The van der Waals surface area contributed by atoms with Crippen LogP contribution in [0.4, 0.5) is 0 Å². The van der Waals surface area contributed by atoms with Crippen LogP contribution < -0.4 is 5.32 Å². The van der Waals surface area contributed by atoms with Gasteiger partial charge in [0.05, 0.1) is 5.69 Å². The van der Waals surface area contributed by atoms with Crippen molar-refractivity contribution in [2.24, 2.45) is 0 Å². The van der Waals surface area contributed by atoms with Gasteiger partial charge in [0.1, 0.15) is 12.6 Å². The molecule has 1 rings (SSSR count). The Morgan fingerprint density at radius 1 is 1.53 bits per heavy atom. The maximum Gasteiger partial charge on any atom is 0.326 e. The van der Waals surface area contributed by atoms with Gasteiger partial charge in [-0.3, -0.25) is 9.48 Å². The molecule has 1 aromatic rings. The van der Waals surface area contributed by atoms with E-state index in [4.69, 9.17) is 5.11 Å². The van der Waals surface area contributed by atoms with E-state index in [-0.39, 0.29) is 12.5 Å². The number of nitrogens with zero attached hydrogens (tertiary/aromatic N) is 2. The molecule has 0 fully saturated rings. The number of rotatable bonds is 7. The summed E-state index contributed by atoms with van der Waals surface area (Å²) in [6.45, 7) is 3.75. The van der Waals surface area contributed by atoms with Gasteiger partial charge in [-0.05, 0) is 38.3 Å². The predicted molar refractivity (Wildman–Crippen MR) is 74.3 cm³/mol. The minimum Gasteiger partial charge on any atom is -0.480 e. The maximum absolute atomic E-state index is 11.8. The summed E-state index contributed by atoms with van der Waals surface area (Å²) < 4.78 is 1.57. The Kier molecular flexibility index (Phi) is 5.88. The van der Waals surface area contributed by atoms with Crippen molar-refractivity contribution >= 4 is 23.6 Å². The normalized spacial score (nSPS) is 12.2. The van der Waals surface area contributed by atoms with Crippen LogP contribution in [-0.4, -0.2) is 44.8 Å². The standard InChI is InChI=1S/C12H19N3O3S/c1-8-6-9(2)15(14-8)7-11(16)13-10(12(17)18)4-5-19-3/h6,10H,4-5,7H2,1-3H3,(H,13,16)(H,17,18)/t10-/m1/s1. The summed E-state index contributed by atoms with van der Waals surface area (Å²) >= 11 is 1.55. The lowest BCUT2D eigenvalue weighted by Gasteiger charge is -2.14. The third kappa shape index (κ3) is 4.94. The highest BCUT2D eigenvalue weighted by Crippen LogP contribution is 2.03. The number of aliphatic carboxylic acids is 1. The van der Waals surface area contributed by atoms with Crippen molar-refractivity contribution in [1.82, 2.24) is 15.1 Å². The molecule has 6 nitrogen and oxygen atoms in total. The average Bonchev–Trinajstić information content (AvgIpc) is 2.62. The van der Waals surface area contributed by atoms with E-state index in [1.807, 2.05) is 26.2 Å². The molecule has 0 unspecified atom stereocenters. The zero-order chi connectivity index (χ0) is 14.4. The molecular formula is C12H19N3O3S. The van der Waals surface area contributed by atoms with E-state index < -0.39 is 12.0 Å². The number of aryl methyl sites for hydroxylation is 2.